The Hall–Kier alpha value is -2.03. The van der Waals surface area contributed by atoms with Crippen LogP contribution in [0.3, 0.4) is 0 Å². The molecule has 2 fully saturated rings. The van der Waals surface area contributed by atoms with E-state index < -0.39 is 5.60 Å². The monoisotopic (exact) mass is 425 g/mol. The van der Waals surface area contributed by atoms with Gasteiger partial charge in [-0.25, -0.2) is 4.79 Å². The van der Waals surface area contributed by atoms with Crippen LogP contribution in [-0.4, -0.2) is 103 Å². The van der Waals surface area contributed by atoms with Crippen LogP contribution in [0.4, 0.5) is 4.79 Å². The summed E-state index contributed by atoms with van der Waals surface area (Å²) in [6.45, 7) is 15.4. The molecule has 2 aliphatic heterocycles. The molecular weight excluding hydrogens is 386 g/mol. The van der Waals surface area contributed by atoms with Crippen molar-refractivity contribution in [3.8, 4) is 0 Å². The van der Waals surface area contributed by atoms with Gasteiger partial charge in [-0.05, 0) is 47.5 Å². The van der Waals surface area contributed by atoms with Crippen LogP contribution in [0, 0.1) is 0 Å². The topological polar surface area (TPSA) is 86.7 Å². The average molecular weight is 426 g/mol. The first kappa shape index (κ1) is 24.2. The van der Waals surface area contributed by atoms with E-state index in [2.05, 4.69) is 10.2 Å². The molecular formula is C21H39N5O4. The van der Waals surface area contributed by atoms with E-state index in [1.54, 1.807) is 4.90 Å². The predicted octanol–water partition coefficient (Wildman–Crippen LogP) is 1.53. The lowest BCUT2D eigenvalue weighted by Crippen LogP contribution is -2.55. The van der Waals surface area contributed by atoms with Gasteiger partial charge in [-0.1, -0.05) is 0 Å². The van der Waals surface area contributed by atoms with E-state index in [4.69, 9.17) is 14.5 Å². The minimum atomic E-state index is -0.511. The first-order valence-electron chi connectivity index (χ1n) is 11.2. The Kier molecular flexibility index (Phi) is 9.20. The van der Waals surface area contributed by atoms with Crippen molar-refractivity contribution in [2.24, 2.45) is 4.99 Å². The highest BCUT2D eigenvalue weighted by Crippen LogP contribution is 2.16. The van der Waals surface area contributed by atoms with Crippen molar-refractivity contribution >= 4 is 18.0 Å². The number of carbonyl (C=O) groups is 2. The maximum Gasteiger partial charge on any atom is 0.410 e. The number of hydrogen-bond acceptors (Lipinski definition) is 5. The molecule has 30 heavy (non-hydrogen) atoms. The third-order valence-electron chi connectivity index (χ3n) is 5.10. The largest absolute Gasteiger partial charge is 0.444 e. The normalized spacial score (nSPS) is 20.3. The van der Waals surface area contributed by atoms with E-state index in [-0.39, 0.29) is 18.1 Å². The molecule has 172 valence electrons. The molecule has 2 rings (SSSR count). The van der Waals surface area contributed by atoms with Crippen molar-refractivity contribution in [2.75, 3.05) is 59.0 Å². The van der Waals surface area contributed by atoms with Crippen molar-refractivity contribution in [1.82, 2.24) is 20.0 Å². The van der Waals surface area contributed by atoms with Gasteiger partial charge >= 0.3 is 6.09 Å². The molecule has 0 bridgehead atoms. The molecule has 0 aliphatic carbocycles. The Morgan fingerprint density at radius 3 is 2.37 bits per heavy atom. The number of piperazine rings is 1. The molecule has 2 saturated heterocycles. The van der Waals surface area contributed by atoms with Gasteiger partial charge in [-0.2, -0.15) is 0 Å². The molecule has 2 amide bonds. The molecule has 0 aromatic carbocycles. The van der Waals surface area contributed by atoms with Crippen LogP contribution in [0.2, 0.25) is 0 Å². The van der Waals surface area contributed by atoms with Gasteiger partial charge in [-0.15, -0.1) is 0 Å². The molecule has 1 atom stereocenters. The third kappa shape index (κ3) is 7.34. The molecule has 0 spiro atoms. The van der Waals surface area contributed by atoms with Crippen molar-refractivity contribution in [3.63, 3.8) is 0 Å². The number of nitrogens with one attached hydrogen (secondary N) is 1. The molecule has 1 unspecified atom stereocenters. The number of aliphatic imine (C=N–C) groups is 1. The minimum Gasteiger partial charge on any atom is -0.444 e. The molecule has 0 radical (unpaired) electrons. The van der Waals surface area contributed by atoms with E-state index >= 15 is 0 Å². The number of carbonyl (C=O) groups excluding carboxylic acids is 2. The lowest BCUT2D eigenvalue weighted by Gasteiger charge is -2.37. The lowest BCUT2D eigenvalue weighted by molar-refractivity contribution is -0.142. The first-order chi connectivity index (χ1) is 14.2. The summed E-state index contributed by atoms with van der Waals surface area (Å²) in [7, 11) is 0. The highest BCUT2D eigenvalue weighted by atomic mass is 16.6. The number of ether oxygens (including phenoxy) is 2. The molecule has 2 aliphatic rings. The first-order valence-corrected chi connectivity index (χ1v) is 11.2. The SMILES string of the molecule is CCNC(=NCCN(CC)C(=O)OC(C)(C)C)N1CCN(C(=O)C2CCCO2)CC1. The van der Waals surface area contributed by atoms with Gasteiger partial charge in [0.25, 0.3) is 5.91 Å². The van der Waals surface area contributed by atoms with Crippen LogP contribution in [0.1, 0.15) is 47.5 Å². The molecule has 1 N–H and O–H groups in total. The summed E-state index contributed by atoms with van der Waals surface area (Å²) in [6.07, 6.45) is 1.22. The summed E-state index contributed by atoms with van der Waals surface area (Å²) in [4.78, 5) is 35.3. The Bertz CT molecular complexity index is 591. The molecule has 0 aromatic rings. The molecule has 0 aromatic heterocycles. The number of rotatable bonds is 6. The van der Waals surface area contributed by atoms with Gasteiger partial charge in [0, 0.05) is 52.4 Å². The Balaban J connectivity index is 1.86. The van der Waals surface area contributed by atoms with Crippen LogP contribution in [0.25, 0.3) is 0 Å². The predicted molar refractivity (Wildman–Crippen MR) is 117 cm³/mol. The summed E-state index contributed by atoms with van der Waals surface area (Å²) in [5, 5.41) is 3.32. The van der Waals surface area contributed by atoms with Gasteiger partial charge in [0.15, 0.2) is 5.96 Å². The van der Waals surface area contributed by atoms with Gasteiger partial charge in [0.1, 0.15) is 11.7 Å². The number of nitrogens with zero attached hydrogens (tertiary/aromatic N) is 4. The molecule has 0 saturated carbocycles. The third-order valence-corrected chi connectivity index (χ3v) is 5.10. The summed E-state index contributed by atoms with van der Waals surface area (Å²) >= 11 is 0. The van der Waals surface area contributed by atoms with Crippen LogP contribution in [-0.2, 0) is 14.3 Å². The summed E-state index contributed by atoms with van der Waals surface area (Å²) in [5.74, 6) is 0.937. The smallest absolute Gasteiger partial charge is 0.410 e. The standard InChI is InChI=1S/C21H39N5O4/c1-6-22-19(23-10-11-24(7-2)20(28)30-21(3,4)5)26-14-12-25(13-15-26)18(27)17-9-8-16-29-17/h17H,6-16H2,1-5H3,(H,22,23). The number of amides is 2. The Morgan fingerprint density at radius 1 is 1.17 bits per heavy atom. The summed E-state index contributed by atoms with van der Waals surface area (Å²) in [5.41, 5.74) is -0.511. The summed E-state index contributed by atoms with van der Waals surface area (Å²) in [6, 6.07) is 0. The average Bonchev–Trinajstić information content (AvgIpc) is 3.23. The minimum absolute atomic E-state index is 0.116. The number of hydrogen-bond donors (Lipinski definition) is 1. The van der Waals surface area contributed by atoms with Crippen molar-refractivity contribution in [2.45, 2.75) is 59.2 Å². The number of guanidine groups is 1. The zero-order valence-corrected chi connectivity index (χ0v) is 19.3. The van der Waals surface area contributed by atoms with E-state index in [1.165, 1.54) is 0 Å². The molecule has 2 heterocycles. The fourth-order valence-electron chi connectivity index (χ4n) is 3.52. The fraction of sp³-hybridized carbons (Fsp3) is 0.857. The van der Waals surface area contributed by atoms with Crippen LogP contribution < -0.4 is 5.32 Å². The van der Waals surface area contributed by atoms with Crippen LogP contribution in [0.15, 0.2) is 4.99 Å². The molecule has 9 heteroatoms. The van der Waals surface area contributed by atoms with Gasteiger partial charge in [0.05, 0.1) is 6.54 Å². The van der Waals surface area contributed by atoms with Gasteiger partial charge in [-0.3, -0.25) is 9.79 Å². The highest BCUT2D eigenvalue weighted by molar-refractivity contribution is 5.83. The maximum atomic E-state index is 12.5. The second-order valence-electron chi connectivity index (χ2n) is 8.61. The van der Waals surface area contributed by atoms with Gasteiger partial charge < -0.3 is 29.5 Å². The van der Waals surface area contributed by atoms with Crippen molar-refractivity contribution in [3.05, 3.63) is 0 Å². The van der Waals surface area contributed by atoms with Gasteiger partial charge in [0.2, 0.25) is 0 Å². The van der Waals surface area contributed by atoms with E-state index in [0.717, 1.165) is 38.4 Å². The second-order valence-corrected chi connectivity index (χ2v) is 8.61. The lowest BCUT2D eigenvalue weighted by atomic mass is 10.2. The number of likely N-dealkylation sites (N-methyl/N-ethyl adjacent to an activating group) is 1. The fourth-order valence-corrected chi connectivity index (χ4v) is 3.52. The van der Waals surface area contributed by atoms with E-state index in [1.807, 2.05) is 39.5 Å². The van der Waals surface area contributed by atoms with Crippen molar-refractivity contribution < 1.29 is 19.1 Å². The van der Waals surface area contributed by atoms with E-state index in [9.17, 15) is 9.59 Å². The second kappa shape index (κ2) is 11.4. The maximum absolute atomic E-state index is 12.5. The van der Waals surface area contributed by atoms with Crippen LogP contribution in [0.5, 0.6) is 0 Å². The van der Waals surface area contributed by atoms with Crippen LogP contribution >= 0.6 is 0 Å². The summed E-state index contributed by atoms with van der Waals surface area (Å²) < 4.78 is 11.0. The Labute approximate surface area is 180 Å². The zero-order valence-electron chi connectivity index (χ0n) is 19.3. The molecule has 9 nitrogen and oxygen atoms in total. The van der Waals surface area contributed by atoms with Crippen molar-refractivity contribution in [1.29, 1.82) is 0 Å². The Morgan fingerprint density at radius 2 is 1.83 bits per heavy atom. The highest BCUT2D eigenvalue weighted by Gasteiger charge is 2.31. The van der Waals surface area contributed by atoms with E-state index in [0.29, 0.717) is 39.3 Å². The zero-order chi connectivity index (χ0) is 22.1. The quantitative estimate of drug-likeness (QED) is 0.513.